The third-order valence-corrected chi connectivity index (χ3v) is 5.16. The zero-order valence-corrected chi connectivity index (χ0v) is 12.8. The van der Waals surface area contributed by atoms with Gasteiger partial charge in [0.25, 0.3) is 0 Å². The van der Waals surface area contributed by atoms with Gasteiger partial charge in [-0.15, -0.1) is 0 Å². The van der Waals surface area contributed by atoms with E-state index >= 15 is 0 Å². The summed E-state index contributed by atoms with van der Waals surface area (Å²) in [5.74, 6) is 1.02. The van der Waals surface area contributed by atoms with Gasteiger partial charge in [0.1, 0.15) is 12.4 Å². The van der Waals surface area contributed by atoms with Gasteiger partial charge in [0, 0.05) is 37.3 Å². The molecule has 0 N–H and O–H groups in total. The molecule has 112 valence electrons. The molecule has 1 aromatic carbocycles. The first kappa shape index (κ1) is 13.4. The van der Waals surface area contributed by atoms with Crippen molar-refractivity contribution in [3.05, 3.63) is 35.4 Å². The van der Waals surface area contributed by atoms with Crippen molar-refractivity contribution in [1.82, 2.24) is 9.80 Å². The maximum Gasteiger partial charge on any atom is 0.127 e. The lowest BCUT2D eigenvalue weighted by Crippen LogP contribution is -2.55. The summed E-state index contributed by atoms with van der Waals surface area (Å²) >= 11 is 0. The van der Waals surface area contributed by atoms with E-state index in [0.717, 1.165) is 24.9 Å². The second-order valence-corrected chi connectivity index (χ2v) is 6.70. The van der Waals surface area contributed by atoms with Gasteiger partial charge in [0.15, 0.2) is 0 Å². The van der Waals surface area contributed by atoms with Crippen molar-refractivity contribution < 1.29 is 4.74 Å². The minimum Gasteiger partial charge on any atom is -0.489 e. The highest BCUT2D eigenvalue weighted by molar-refractivity contribution is 5.62. The molecule has 4 rings (SSSR count). The maximum atomic E-state index is 5.89. The van der Waals surface area contributed by atoms with E-state index in [2.05, 4.69) is 41.0 Å². The number of ether oxygens (including phenoxy) is 1. The van der Waals surface area contributed by atoms with Crippen LogP contribution < -0.4 is 4.74 Å². The molecule has 0 bridgehead atoms. The zero-order valence-electron chi connectivity index (χ0n) is 12.8. The smallest absolute Gasteiger partial charge is 0.127 e. The van der Waals surface area contributed by atoms with Crippen LogP contribution in [-0.2, 0) is 0 Å². The van der Waals surface area contributed by atoms with Crippen LogP contribution in [0.5, 0.6) is 5.75 Å². The predicted molar refractivity (Wildman–Crippen MR) is 85.5 cm³/mol. The van der Waals surface area contributed by atoms with Crippen LogP contribution >= 0.6 is 0 Å². The summed E-state index contributed by atoms with van der Waals surface area (Å²) in [6.45, 7) is 7.93. The van der Waals surface area contributed by atoms with Crippen LogP contribution in [0.3, 0.4) is 0 Å². The van der Waals surface area contributed by atoms with Gasteiger partial charge in [-0.1, -0.05) is 18.2 Å². The van der Waals surface area contributed by atoms with Crippen molar-refractivity contribution in [1.29, 1.82) is 0 Å². The van der Waals surface area contributed by atoms with Crippen LogP contribution in [0, 0.1) is 0 Å². The van der Waals surface area contributed by atoms with Crippen LogP contribution in [0.4, 0.5) is 0 Å². The predicted octanol–water partition coefficient (Wildman–Crippen LogP) is 2.63. The Morgan fingerprint density at radius 3 is 3.10 bits per heavy atom. The van der Waals surface area contributed by atoms with Crippen LogP contribution in [-0.4, -0.2) is 54.7 Å². The highest BCUT2D eigenvalue weighted by Gasteiger charge is 2.34. The zero-order chi connectivity index (χ0) is 14.2. The molecule has 3 heteroatoms. The standard InChI is InChI=1S/C18H24N2O/c1-14-10-19-8-4-6-17(19)12-20(14)11-15-9-16-5-2-3-7-18(16)21-13-15/h2-3,5,7,9,14,17H,4,6,8,10-13H2,1H3/t14-,17+/m0/s1. The summed E-state index contributed by atoms with van der Waals surface area (Å²) in [5, 5.41) is 0. The largest absolute Gasteiger partial charge is 0.489 e. The Hall–Kier alpha value is -1.32. The van der Waals surface area contributed by atoms with E-state index in [0.29, 0.717) is 6.04 Å². The van der Waals surface area contributed by atoms with Gasteiger partial charge < -0.3 is 4.74 Å². The number of para-hydroxylation sites is 1. The van der Waals surface area contributed by atoms with Crippen molar-refractivity contribution in [2.24, 2.45) is 0 Å². The third kappa shape index (κ3) is 2.60. The minimum atomic E-state index is 0.650. The lowest BCUT2D eigenvalue weighted by atomic mass is 10.0. The van der Waals surface area contributed by atoms with Crippen LogP contribution in [0.15, 0.2) is 29.8 Å². The quantitative estimate of drug-likeness (QED) is 0.830. The average Bonchev–Trinajstić information content (AvgIpc) is 2.94. The second-order valence-electron chi connectivity index (χ2n) is 6.70. The first-order valence-corrected chi connectivity index (χ1v) is 8.19. The fourth-order valence-corrected chi connectivity index (χ4v) is 3.98. The average molecular weight is 284 g/mol. The molecule has 2 atom stereocenters. The number of fused-ring (bicyclic) bond motifs is 2. The lowest BCUT2D eigenvalue weighted by Gasteiger charge is -2.42. The molecule has 0 radical (unpaired) electrons. The molecule has 0 aliphatic carbocycles. The topological polar surface area (TPSA) is 15.7 Å². The van der Waals surface area contributed by atoms with E-state index in [1.807, 2.05) is 6.07 Å². The molecule has 2 fully saturated rings. The van der Waals surface area contributed by atoms with Gasteiger partial charge in [-0.05, 0) is 44.0 Å². The summed E-state index contributed by atoms with van der Waals surface area (Å²) < 4.78 is 5.89. The van der Waals surface area contributed by atoms with E-state index in [1.54, 1.807) is 0 Å². The Balaban J connectivity index is 1.48. The Kier molecular flexibility index (Phi) is 3.48. The van der Waals surface area contributed by atoms with E-state index in [9.17, 15) is 0 Å². The highest BCUT2D eigenvalue weighted by atomic mass is 16.5. The molecule has 0 saturated carbocycles. The Morgan fingerprint density at radius 1 is 1.24 bits per heavy atom. The summed E-state index contributed by atoms with van der Waals surface area (Å²) in [5.41, 5.74) is 2.64. The molecule has 0 spiro atoms. The molecule has 3 aliphatic heterocycles. The molecular weight excluding hydrogens is 260 g/mol. The molecule has 1 aromatic rings. The molecule has 3 nitrogen and oxygen atoms in total. The number of hydrogen-bond donors (Lipinski definition) is 0. The number of benzene rings is 1. The van der Waals surface area contributed by atoms with E-state index in [1.165, 1.54) is 43.6 Å². The molecular formula is C18H24N2O. The molecule has 0 amide bonds. The molecule has 3 heterocycles. The number of hydrogen-bond acceptors (Lipinski definition) is 3. The Bertz CT molecular complexity index is 554. The molecule has 0 unspecified atom stereocenters. The summed E-state index contributed by atoms with van der Waals surface area (Å²) in [6, 6.07) is 9.77. The monoisotopic (exact) mass is 284 g/mol. The van der Waals surface area contributed by atoms with Crippen molar-refractivity contribution in [3.63, 3.8) is 0 Å². The summed E-state index contributed by atoms with van der Waals surface area (Å²) in [6.07, 6.45) is 5.08. The van der Waals surface area contributed by atoms with Gasteiger partial charge in [0.05, 0.1) is 0 Å². The first-order valence-electron chi connectivity index (χ1n) is 8.19. The van der Waals surface area contributed by atoms with E-state index in [-0.39, 0.29) is 0 Å². The van der Waals surface area contributed by atoms with Gasteiger partial charge in [0.2, 0.25) is 0 Å². The third-order valence-electron chi connectivity index (χ3n) is 5.16. The number of piperazine rings is 1. The molecule has 21 heavy (non-hydrogen) atoms. The summed E-state index contributed by atoms with van der Waals surface area (Å²) in [7, 11) is 0. The maximum absolute atomic E-state index is 5.89. The summed E-state index contributed by atoms with van der Waals surface area (Å²) in [4.78, 5) is 5.33. The lowest BCUT2D eigenvalue weighted by molar-refractivity contribution is 0.0650. The molecule has 2 saturated heterocycles. The number of nitrogens with zero attached hydrogens (tertiary/aromatic N) is 2. The van der Waals surface area contributed by atoms with Crippen LogP contribution in [0.1, 0.15) is 25.3 Å². The fraction of sp³-hybridized carbons (Fsp3) is 0.556. The minimum absolute atomic E-state index is 0.650. The van der Waals surface area contributed by atoms with Gasteiger partial charge in [-0.3, -0.25) is 9.80 Å². The van der Waals surface area contributed by atoms with Crippen LogP contribution in [0.2, 0.25) is 0 Å². The van der Waals surface area contributed by atoms with Crippen molar-refractivity contribution in [2.45, 2.75) is 31.8 Å². The van der Waals surface area contributed by atoms with Crippen LogP contribution in [0.25, 0.3) is 6.08 Å². The van der Waals surface area contributed by atoms with E-state index in [4.69, 9.17) is 4.74 Å². The van der Waals surface area contributed by atoms with Gasteiger partial charge in [-0.25, -0.2) is 0 Å². The Labute approximate surface area is 127 Å². The molecule has 3 aliphatic rings. The molecule has 0 aromatic heterocycles. The van der Waals surface area contributed by atoms with Crippen molar-refractivity contribution in [3.8, 4) is 5.75 Å². The van der Waals surface area contributed by atoms with Gasteiger partial charge in [-0.2, -0.15) is 0 Å². The first-order chi connectivity index (χ1) is 10.3. The fourth-order valence-electron chi connectivity index (χ4n) is 3.98. The SMILES string of the molecule is C[C@H]1CN2CCC[C@@H]2CN1CC1=Cc2ccccc2OC1. The van der Waals surface area contributed by atoms with Crippen molar-refractivity contribution in [2.75, 3.05) is 32.8 Å². The van der Waals surface area contributed by atoms with Crippen molar-refractivity contribution >= 4 is 6.08 Å². The highest BCUT2D eigenvalue weighted by Crippen LogP contribution is 2.28. The second kappa shape index (κ2) is 5.47. The Morgan fingerprint density at radius 2 is 2.14 bits per heavy atom. The number of rotatable bonds is 2. The van der Waals surface area contributed by atoms with E-state index < -0.39 is 0 Å². The van der Waals surface area contributed by atoms with Gasteiger partial charge >= 0.3 is 0 Å². The normalized spacial score (nSPS) is 29.5.